The number of rotatable bonds is 4. The van der Waals surface area contributed by atoms with E-state index in [4.69, 9.17) is 0 Å². The van der Waals surface area contributed by atoms with Crippen LogP contribution < -0.4 is 0 Å². The Kier molecular flexibility index (Phi) is 4.24. The molecule has 1 heteroatoms. The third-order valence-electron chi connectivity index (χ3n) is 4.01. The average Bonchev–Trinajstić information content (AvgIpc) is 2.88. The Labute approximate surface area is 120 Å². The quantitative estimate of drug-likeness (QED) is 0.789. The van der Waals surface area contributed by atoms with E-state index in [1.165, 1.54) is 35.5 Å². The summed E-state index contributed by atoms with van der Waals surface area (Å²) in [5.41, 5.74) is 2.99. The van der Waals surface area contributed by atoms with Gasteiger partial charge in [0.15, 0.2) is 0 Å². The van der Waals surface area contributed by atoms with Crippen LogP contribution in [-0.2, 0) is 12.8 Å². The molecule has 0 amide bonds. The standard InChI is InChI=1S/C18H20S/c1-3-7-15(8-4-1)11-17-13-19-14-18(17)12-16-9-5-2-6-10-16/h1-10,17-18H,11-14H2/t17-,18-/m1/s1. The molecule has 1 heterocycles. The molecule has 0 nitrogen and oxygen atoms in total. The van der Waals surface area contributed by atoms with Gasteiger partial charge in [-0.3, -0.25) is 0 Å². The van der Waals surface area contributed by atoms with E-state index in [-0.39, 0.29) is 0 Å². The molecule has 0 spiro atoms. The molecule has 98 valence electrons. The van der Waals surface area contributed by atoms with Crippen molar-refractivity contribution in [3.05, 3.63) is 71.8 Å². The summed E-state index contributed by atoms with van der Waals surface area (Å²) >= 11 is 2.13. The van der Waals surface area contributed by atoms with Crippen LogP contribution >= 0.6 is 11.8 Å². The first-order chi connectivity index (χ1) is 9.42. The largest absolute Gasteiger partial charge is 0.161 e. The second-order valence-corrected chi connectivity index (χ2v) is 6.51. The minimum atomic E-state index is 0.840. The lowest BCUT2D eigenvalue weighted by molar-refractivity contribution is 0.415. The molecule has 3 rings (SSSR count). The Hall–Kier alpha value is -1.21. The van der Waals surface area contributed by atoms with Crippen molar-refractivity contribution in [2.75, 3.05) is 11.5 Å². The lowest BCUT2D eigenvalue weighted by Gasteiger charge is -2.19. The minimum absolute atomic E-state index is 0.840. The molecule has 0 N–H and O–H groups in total. The van der Waals surface area contributed by atoms with Crippen LogP contribution in [0.1, 0.15) is 11.1 Å². The maximum Gasteiger partial charge on any atom is -0.00328 e. The molecule has 19 heavy (non-hydrogen) atoms. The van der Waals surface area contributed by atoms with Crippen molar-refractivity contribution >= 4 is 11.8 Å². The van der Waals surface area contributed by atoms with Gasteiger partial charge in [-0.25, -0.2) is 0 Å². The highest BCUT2D eigenvalue weighted by Crippen LogP contribution is 2.34. The summed E-state index contributed by atoms with van der Waals surface area (Å²) in [6.07, 6.45) is 2.48. The Balaban J connectivity index is 1.65. The summed E-state index contributed by atoms with van der Waals surface area (Å²) in [6.45, 7) is 0. The van der Waals surface area contributed by atoms with E-state index in [1.54, 1.807) is 0 Å². The molecule has 0 aliphatic carbocycles. The lowest BCUT2D eigenvalue weighted by atomic mass is 9.85. The predicted molar refractivity (Wildman–Crippen MR) is 84.6 cm³/mol. The maximum absolute atomic E-state index is 2.27. The molecule has 2 atom stereocenters. The van der Waals surface area contributed by atoms with Gasteiger partial charge in [0, 0.05) is 0 Å². The molecule has 1 fully saturated rings. The Morgan fingerprint density at radius 3 is 1.53 bits per heavy atom. The first-order valence-electron chi connectivity index (χ1n) is 7.07. The van der Waals surface area contributed by atoms with Crippen molar-refractivity contribution in [2.24, 2.45) is 11.8 Å². The molecule has 0 aromatic heterocycles. The Bertz CT molecular complexity index is 444. The van der Waals surface area contributed by atoms with Gasteiger partial charge in [-0.2, -0.15) is 11.8 Å². The fraction of sp³-hybridized carbons (Fsp3) is 0.333. The zero-order valence-electron chi connectivity index (χ0n) is 11.2. The SMILES string of the molecule is c1ccc(C[C@@H]2CSC[C@H]2Cc2ccccc2)cc1. The first kappa shape index (κ1) is 12.8. The predicted octanol–water partition coefficient (Wildman–Crippen LogP) is 4.45. The van der Waals surface area contributed by atoms with Crippen molar-refractivity contribution in [1.29, 1.82) is 0 Å². The van der Waals surface area contributed by atoms with E-state index < -0.39 is 0 Å². The molecule has 0 saturated carbocycles. The second kappa shape index (κ2) is 6.29. The number of benzene rings is 2. The fourth-order valence-corrected chi connectivity index (χ4v) is 4.45. The topological polar surface area (TPSA) is 0 Å². The summed E-state index contributed by atoms with van der Waals surface area (Å²) in [5.74, 6) is 4.33. The zero-order valence-corrected chi connectivity index (χ0v) is 12.0. The number of hydrogen-bond donors (Lipinski definition) is 0. The third kappa shape index (κ3) is 3.42. The molecule has 1 saturated heterocycles. The van der Waals surface area contributed by atoms with Gasteiger partial charge in [-0.15, -0.1) is 0 Å². The summed E-state index contributed by atoms with van der Waals surface area (Å²) in [6, 6.07) is 21.9. The van der Waals surface area contributed by atoms with E-state index in [0.717, 1.165) is 11.8 Å². The first-order valence-corrected chi connectivity index (χ1v) is 8.23. The van der Waals surface area contributed by atoms with Crippen LogP contribution in [0.5, 0.6) is 0 Å². The van der Waals surface area contributed by atoms with Crippen LogP contribution in [0.25, 0.3) is 0 Å². The van der Waals surface area contributed by atoms with Gasteiger partial charge in [-0.05, 0) is 47.3 Å². The number of thioether (sulfide) groups is 1. The highest BCUT2D eigenvalue weighted by molar-refractivity contribution is 7.99. The Morgan fingerprint density at radius 1 is 0.684 bits per heavy atom. The van der Waals surface area contributed by atoms with Gasteiger partial charge in [0.2, 0.25) is 0 Å². The van der Waals surface area contributed by atoms with Gasteiger partial charge in [0.05, 0.1) is 0 Å². The van der Waals surface area contributed by atoms with Gasteiger partial charge in [-0.1, -0.05) is 60.7 Å². The van der Waals surface area contributed by atoms with Gasteiger partial charge in [0.1, 0.15) is 0 Å². The van der Waals surface area contributed by atoms with E-state index in [0.29, 0.717) is 0 Å². The minimum Gasteiger partial charge on any atom is -0.161 e. The van der Waals surface area contributed by atoms with Crippen molar-refractivity contribution < 1.29 is 0 Å². The van der Waals surface area contributed by atoms with Crippen LogP contribution in [0.15, 0.2) is 60.7 Å². The molecule has 1 aliphatic heterocycles. The molecule has 2 aromatic rings. The van der Waals surface area contributed by atoms with Crippen LogP contribution in [0.3, 0.4) is 0 Å². The van der Waals surface area contributed by atoms with Crippen LogP contribution in [0, 0.1) is 11.8 Å². The molecular weight excluding hydrogens is 248 g/mol. The Morgan fingerprint density at radius 2 is 1.11 bits per heavy atom. The van der Waals surface area contributed by atoms with E-state index in [9.17, 15) is 0 Å². The smallest absolute Gasteiger partial charge is 0.00328 e. The normalized spacial score (nSPS) is 22.5. The summed E-state index contributed by atoms with van der Waals surface area (Å²) in [7, 11) is 0. The van der Waals surface area contributed by atoms with Crippen LogP contribution in [0.4, 0.5) is 0 Å². The molecular formula is C18H20S. The molecule has 2 aromatic carbocycles. The summed E-state index contributed by atoms with van der Waals surface area (Å²) in [4.78, 5) is 0. The van der Waals surface area contributed by atoms with Gasteiger partial charge in [0.25, 0.3) is 0 Å². The maximum atomic E-state index is 2.27. The molecule has 0 bridgehead atoms. The monoisotopic (exact) mass is 268 g/mol. The van der Waals surface area contributed by atoms with Crippen LogP contribution in [-0.4, -0.2) is 11.5 Å². The lowest BCUT2D eigenvalue weighted by Crippen LogP contribution is -2.17. The fourth-order valence-electron chi connectivity index (χ4n) is 2.93. The van der Waals surface area contributed by atoms with E-state index >= 15 is 0 Å². The van der Waals surface area contributed by atoms with Crippen molar-refractivity contribution in [3.63, 3.8) is 0 Å². The zero-order chi connectivity index (χ0) is 12.9. The summed E-state index contributed by atoms with van der Waals surface area (Å²) in [5, 5.41) is 0. The highest BCUT2D eigenvalue weighted by Gasteiger charge is 2.27. The molecule has 0 radical (unpaired) electrons. The second-order valence-electron chi connectivity index (χ2n) is 5.44. The van der Waals surface area contributed by atoms with Crippen LogP contribution in [0.2, 0.25) is 0 Å². The molecule has 1 aliphatic rings. The third-order valence-corrected chi connectivity index (χ3v) is 5.34. The molecule has 0 unspecified atom stereocenters. The van der Waals surface area contributed by atoms with Crippen molar-refractivity contribution in [2.45, 2.75) is 12.8 Å². The van der Waals surface area contributed by atoms with E-state index in [2.05, 4.69) is 72.4 Å². The van der Waals surface area contributed by atoms with Gasteiger partial charge < -0.3 is 0 Å². The average molecular weight is 268 g/mol. The van der Waals surface area contributed by atoms with Crippen molar-refractivity contribution in [3.8, 4) is 0 Å². The van der Waals surface area contributed by atoms with E-state index in [1.807, 2.05) is 0 Å². The van der Waals surface area contributed by atoms with Crippen molar-refractivity contribution in [1.82, 2.24) is 0 Å². The number of hydrogen-bond acceptors (Lipinski definition) is 1. The van der Waals surface area contributed by atoms with Gasteiger partial charge >= 0.3 is 0 Å². The highest BCUT2D eigenvalue weighted by atomic mass is 32.2. The summed E-state index contributed by atoms with van der Waals surface area (Å²) < 4.78 is 0.